The average Bonchev–Trinajstić information content (AvgIpc) is 2.74. The van der Waals surface area contributed by atoms with Crippen LogP contribution in [0.25, 0.3) is 0 Å². The molecule has 2 rings (SSSR count). The number of nitrogens with zero attached hydrogens (tertiary/aromatic N) is 2. The first kappa shape index (κ1) is 24.3. The van der Waals surface area contributed by atoms with E-state index in [0.29, 0.717) is 12.2 Å². The summed E-state index contributed by atoms with van der Waals surface area (Å²) in [7, 11) is 0. The van der Waals surface area contributed by atoms with Crippen LogP contribution in [-0.4, -0.2) is 22.8 Å². The maximum absolute atomic E-state index is 6.28. The van der Waals surface area contributed by atoms with Crippen LogP contribution >= 0.6 is 11.8 Å². The van der Waals surface area contributed by atoms with Gasteiger partial charge in [-0.25, -0.2) is 4.98 Å². The first-order valence-corrected chi connectivity index (χ1v) is 12.5. The second-order valence-corrected chi connectivity index (χ2v) is 8.49. The van der Waals surface area contributed by atoms with Gasteiger partial charge in [0, 0.05) is 12.0 Å². The lowest BCUT2D eigenvalue weighted by Crippen LogP contribution is -2.08. The number of nitrogens with two attached hydrogens (primary N) is 2. The van der Waals surface area contributed by atoms with Crippen LogP contribution in [0.4, 0.5) is 11.8 Å². The number of hydrogen-bond acceptors (Lipinski definition) is 6. The van der Waals surface area contributed by atoms with E-state index < -0.39 is 0 Å². The number of ether oxygens (including phenoxy) is 1. The Morgan fingerprint density at radius 2 is 1.53 bits per heavy atom. The van der Waals surface area contributed by atoms with Crippen molar-refractivity contribution in [3.8, 4) is 5.75 Å². The van der Waals surface area contributed by atoms with Crippen LogP contribution in [-0.2, 0) is 19.3 Å². The number of thioether (sulfide) groups is 1. The highest BCUT2D eigenvalue weighted by atomic mass is 32.2. The molecule has 166 valence electrons. The van der Waals surface area contributed by atoms with Crippen molar-refractivity contribution in [2.45, 2.75) is 83.6 Å². The zero-order valence-corrected chi connectivity index (χ0v) is 19.9. The summed E-state index contributed by atoms with van der Waals surface area (Å²) in [5, 5.41) is 0.847. The third-order valence-corrected chi connectivity index (χ3v) is 6.13. The first-order valence-electron chi connectivity index (χ1n) is 11.3. The lowest BCUT2D eigenvalue weighted by molar-refractivity contribution is 0.299. The van der Waals surface area contributed by atoms with E-state index in [1.165, 1.54) is 48.8 Å². The summed E-state index contributed by atoms with van der Waals surface area (Å²) in [6, 6.07) is 4.49. The summed E-state index contributed by atoms with van der Waals surface area (Å²) >= 11 is 1.55. The molecule has 6 heteroatoms. The molecule has 0 aliphatic heterocycles. The van der Waals surface area contributed by atoms with Gasteiger partial charge in [0.25, 0.3) is 0 Å². The summed E-state index contributed by atoms with van der Waals surface area (Å²) in [6.45, 7) is 7.41. The van der Waals surface area contributed by atoms with E-state index in [9.17, 15) is 0 Å². The molecule has 2 aromatic rings. The van der Waals surface area contributed by atoms with Crippen LogP contribution in [0.5, 0.6) is 5.75 Å². The maximum Gasteiger partial charge on any atom is 0.223 e. The second kappa shape index (κ2) is 12.7. The van der Waals surface area contributed by atoms with Crippen molar-refractivity contribution in [3.05, 3.63) is 34.4 Å². The number of anilines is 2. The molecular weight excluding hydrogens is 392 g/mol. The number of rotatable bonds is 13. The molecule has 0 aliphatic rings. The van der Waals surface area contributed by atoms with Crippen LogP contribution < -0.4 is 16.2 Å². The third-order valence-electron chi connectivity index (χ3n) is 5.40. The minimum Gasteiger partial charge on any atom is -0.493 e. The minimum atomic E-state index is 0.225. The lowest BCUT2D eigenvalue weighted by atomic mass is 9.97. The van der Waals surface area contributed by atoms with E-state index in [1.807, 2.05) is 6.26 Å². The van der Waals surface area contributed by atoms with E-state index in [0.717, 1.165) is 42.2 Å². The van der Waals surface area contributed by atoms with E-state index in [-0.39, 0.29) is 5.95 Å². The summed E-state index contributed by atoms with van der Waals surface area (Å²) in [6.07, 6.45) is 12.2. The zero-order chi connectivity index (χ0) is 21.9. The van der Waals surface area contributed by atoms with E-state index >= 15 is 0 Å². The highest BCUT2D eigenvalue weighted by molar-refractivity contribution is 7.98. The summed E-state index contributed by atoms with van der Waals surface area (Å²) in [4.78, 5) is 8.52. The predicted molar refractivity (Wildman–Crippen MR) is 130 cm³/mol. The van der Waals surface area contributed by atoms with Crippen LogP contribution in [0.2, 0.25) is 0 Å². The van der Waals surface area contributed by atoms with Gasteiger partial charge in [0.1, 0.15) is 16.6 Å². The topological polar surface area (TPSA) is 87.0 Å². The summed E-state index contributed by atoms with van der Waals surface area (Å²) < 4.78 is 6.28. The van der Waals surface area contributed by atoms with Crippen LogP contribution in [0.3, 0.4) is 0 Å². The molecule has 1 heterocycles. The molecule has 5 nitrogen and oxygen atoms in total. The van der Waals surface area contributed by atoms with Gasteiger partial charge in [-0.3, -0.25) is 0 Å². The molecule has 4 N–H and O–H groups in total. The van der Waals surface area contributed by atoms with Crippen molar-refractivity contribution in [2.24, 2.45) is 0 Å². The van der Waals surface area contributed by atoms with Gasteiger partial charge >= 0.3 is 0 Å². The molecule has 0 aliphatic carbocycles. The summed E-state index contributed by atoms with van der Waals surface area (Å²) in [5.74, 6) is 1.76. The molecular formula is C24H38N4OS. The lowest BCUT2D eigenvalue weighted by Gasteiger charge is -2.18. The van der Waals surface area contributed by atoms with Crippen molar-refractivity contribution in [3.63, 3.8) is 0 Å². The zero-order valence-electron chi connectivity index (χ0n) is 19.1. The number of unbranched alkanes of at least 4 members (excludes halogenated alkanes) is 5. The van der Waals surface area contributed by atoms with Crippen molar-refractivity contribution < 1.29 is 4.74 Å². The molecule has 1 aromatic carbocycles. The van der Waals surface area contributed by atoms with Crippen LogP contribution in [0.15, 0.2) is 17.2 Å². The van der Waals surface area contributed by atoms with Gasteiger partial charge in [0.05, 0.1) is 6.61 Å². The molecule has 0 bridgehead atoms. The predicted octanol–water partition coefficient (Wildman–Crippen LogP) is 5.82. The van der Waals surface area contributed by atoms with Gasteiger partial charge in [-0.05, 0) is 42.2 Å². The van der Waals surface area contributed by atoms with Gasteiger partial charge in [0.15, 0.2) is 0 Å². The van der Waals surface area contributed by atoms with Crippen LogP contribution in [0.1, 0.15) is 81.5 Å². The number of hydrogen-bond donors (Lipinski definition) is 2. The average molecular weight is 431 g/mol. The number of aromatic nitrogens is 2. The van der Waals surface area contributed by atoms with Crippen molar-refractivity contribution in [1.29, 1.82) is 0 Å². The first-order chi connectivity index (χ1) is 14.5. The Bertz CT molecular complexity index is 785. The Morgan fingerprint density at radius 1 is 0.900 bits per heavy atom. The van der Waals surface area contributed by atoms with Crippen molar-refractivity contribution in [1.82, 2.24) is 9.97 Å². The third kappa shape index (κ3) is 6.79. The molecule has 30 heavy (non-hydrogen) atoms. The fraction of sp³-hybridized carbons (Fsp3) is 0.583. The molecule has 0 spiro atoms. The van der Waals surface area contributed by atoms with Gasteiger partial charge < -0.3 is 16.2 Å². The molecule has 0 unspecified atom stereocenters. The highest BCUT2D eigenvalue weighted by Crippen LogP contribution is 2.31. The van der Waals surface area contributed by atoms with E-state index in [4.69, 9.17) is 16.2 Å². The molecule has 0 saturated heterocycles. The largest absolute Gasteiger partial charge is 0.493 e. The summed E-state index contributed by atoms with van der Waals surface area (Å²) in [5.41, 5.74) is 16.6. The standard InChI is InChI=1S/C24H38N4OS/c1-5-8-9-10-11-12-13-29-21-18(6-2)14-17(15-19(21)7-3)16-20-22(25)27-24(26)28-23(20)30-4/h14-15H,5-13,16H2,1-4H3,(H4,25,26,27,28). The Labute approximate surface area is 186 Å². The van der Waals surface area contributed by atoms with E-state index in [1.54, 1.807) is 11.8 Å². The molecule has 0 fully saturated rings. The molecule has 1 aromatic heterocycles. The number of nitrogen functional groups attached to an aromatic ring is 2. The molecule has 0 atom stereocenters. The Balaban J connectivity index is 2.15. The second-order valence-electron chi connectivity index (χ2n) is 7.70. The highest BCUT2D eigenvalue weighted by Gasteiger charge is 2.15. The smallest absolute Gasteiger partial charge is 0.223 e. The molecule has 0 radical (unpaired) electrons. The van der Waals surface area contributed by atoms with E-state index in [2.05, 4.69) is 42.9 Å². The fourth-order valence-electron chi connectivity index (χ4n) is 3.73. The Kier molecular flexibility index (Phi) is 10.3. The van der Waals surface area contributed by atoms with Gasteiger partial charge in [-0.2, -0.15) is 4.98 Å². The van der Waals surface area contributed by atoms with Crippen LogP contribution in [0, 0.1) is 0 Å². The number of benzene rings is 1. The van der Waals surface area contributed by atoms with Gasteiger partial charge in [-0.15, -0.1) is 11.8 Å². The molecule has 0 amide bonds. The molecule has 0 saturated carbocycles. The number of aryl methyl sites for hydroxylation is 2. The maximum atomic E-state index is 6.28. The van der Waals surface area contributed by atoms with Crippen molar-refractivity contribution >= 4 is 23.5 Å². The van der Waals surface area contributed by atoms with Crippen molar-refractivity contribution in [2.75, 3.05) is 24.3 Å². The SMILES string of the molecule is CCCCCCCCOc1c(CC)cc(Cc2c(N)nc(N)nc2SC)cc1CC. The van der Waals surface area contributed by atoms with Gasteiger partial charge in [0.2, 0.25) is 5.95 Å². The Hall–Kier alpha value is -1.95. The monoisotopic (exact) mass is 430 g/mol. The fourth-order valence-corrected chi connectivity index (χ4v) is 4.34. The van der Waals surface area contributed by atoms with Gasteiger partial charge in [-0.1, -0.05) is 65.0 Å². The minimum absolute atomic E-state index is 0.225. The quantitative estimate of drug-likeness (QED) is 0.237. The Morgan fingerprint density at radius 3 is 2.13 bits per heavy atom. The normalized spacial score (nSPS) is 11.1.